The minimum Gasteiger partial charge on any atom is -0.326 e. The molecule has 0 spiro atoms. The second kappa shape index (κ2) is 4.67. The Balaban J connectivity index is 2.28. The molecule has 1 aromatic carbocycles. The predicted molar refractivity (Wildman–Crippen MR) is 66.2 cm³/mol. The van der Waals surface area contributed by atoms with Crippen molar-refractivity contribution < 1.29 is 9.59 Å². The van der Waals surface area contributed by atoms with Crippen molar-refractivity contribution in [3.05, 3.63) is 29.3 Å². The number of likely N-dealkylation sites (N-methyl/N-ethyl adjacent to an activating group) is 1. The average Bonchev–Trinajstić information content (AvgIpc) is 2.36. The van der Waals surface area contributed by atoms with Crippen LogP contribution in [-0.2, 0) is 11.2 Å². The van der Waals surface area contributed by atoms with Crippen LogP contribution in [0.2, 0.25) is 0 Å². The number of amides is 1. The van der Waals surface area contributed by atoms with Gasteiger partial charge in [-0.15, -0.1) is 0 Å². The molecule has 0 fully saturated rings. The van der Waals surface area contributed by atoms with Crippen LogP contribution in [0.5, 0.6) is 0 Å². The third-order valence-corrected chi connectivity index (χ3v) is 3.11. The van der Waals surface area contributed by atoms with Gasteiger partial charge in [-0.3, -0.25) is 9.59 Å². The number of Topliss-reactive ketones (excluding diaryl/α,β-unsaturated/α-hetero) is 1. The first-order valence-electron chi connectivity index (χ1n) is 5.76. The number of carbonyl (C=O) groups is 2. The lowest BCUT2D eigenvalue weighted by atomic mass is 9.97. The number of aryl methyl sites for hydroxylation is 1. The second-order valence-corrected chi connectivity index (χ2v) is 4.29. The van der Waals surface area contributed by atoms with E-state index in [0.29, 0.717) is 18.4 Å². The van der Waals surface area contributed by atoms with Gasteiger partial charge in [0.2, 0.25) is 5.91 Å². The molecule has 4 heteroatoms. The van der Waals surface area contributed by atoms with Gasteiger partial charge in [-0.2, -0.15) is 0 Å². The summed E-state index contributed by atoms with van der Waals surface area (Å²) in [5.74, 6) is 0.118. The van der Waals surface area contributed by atoms with Crippen molar-refractivity contribution in [3.8, 4) is 0 Å². The smallest absolute Gasteiger partial charge is 0.224 e. The molecule has 4 nitrogen and oxygen atoms in total. The fraction of sp³-hybridized carbons (Fsp3) is 0.385. The SMILES string of the molecule is CNC(C)C(=O)c1ccc2c(c1)CCC(=O)N2. The molecular weight excluding hydrogens is 216 g/mol. The predicted octanol–water partition coefficient (Wildman–Crippen LogP) is 1.36. The Hall–Kier alpha value is -1.68. The van der Waals surface area contributed by atoms with E-state index in [9.17, 15) is 9.59 Å². The van der Waals surface area contributed by atoms with E-state index in [2.05, 4.69) is 10.6 Å². The first-order chi connectivity index (χ1) is 8.11. The molecule has 0 bridgehead atoms. The zero-order valence-electron chi connectivity index (χ0n) is 10.0. The van der Waals surface area contributed by atoms with E-state index >= 15 is 0 Å². The summed E-state index contributed by atoms with van der Waals surface area (Å²) in [7, 11) is 1.77. The summed E-state index contributed by atoms with van der Waals surface area (Å²) >= 11 is 0. The van der Waals surface area contributed by atoms with Crippen molar-refractivity contribution in [2.24, 2.45) is 0 Å². The van der Waals surface area contributed by atoms with Crippen LogP contribution in [0.25, 0.3) is 0 Å². The van der Waals surface area contributed by atoms with Crippen LogP contribution in [0.3, 0.4) is 0 Å². The van der Waals surface area contributed by atoms with Crippen LogP contribution in [-0.4, -0.2) is 24.8 Å². The van der Waals surface area contributed by atoms with Crippen molar-refractivity contribution in [1.29, 1.82) is 0 Å². The summed E-state index contributed by atoms with van der Waals surface area (Å²) in [4.78, 5) is 23.2. The maximum absolute atomic E-state index is 12.0. The highest BCUT2D eigenvalue weighted by Gasteiger charge is 2.18. The van der Waals surface area contributed by atoms with Crippen LogP contribution in [0, 0.1) is 0 Å². The van der Waals surface area contributed by atoms with E-state index in [0.717, 1.165) is 11.3 Å². The molecule has 0 saturated heterocycles. The Bertz CT molecular complexity index is 468. The normalized spacial score (nSPS) is 16.0. The molecule has 0 saturated carbocycles. The largest absolute Gasteiger partial charge is 0.326 e. The first kappa shape index (κ1) is 11.8. The summed E-state index contributed by atoms with van der Waals surface area (Å²) in [6.07, 6.45) is 1.20. The van der Waals surface area contributed by atoms with Crippen molar-refractivity contribution >= 4 is 17.4 Å². The summed E-state index contributed by atoms with van der Waals surface area (Å²) in [5.41, 5.74) is 2.57. The standard InChI is InChI=1S/C13H16N2O2/c1-8(14-2)13(17)10-3-5-11-9(7-10)4-6-12(16)15-11/h3,5,7-8,14H,4,6H2,1-2H3,(H,15,16). The fourth-order valence-corrected chi connectivity index (χ4v) is 1.92. The van der Waals surface area contributed by atoms with E-state index in [4.69, 9.17) is 0 Å². The molecule has 1 amide bonds. The number of carbonyl (C=O) groups excluding carboxylic acids is 2. The molecule has 2 N–H and O–H groups in total. The number of benzene rings is 1. The van der Waals surface area contributed by atoms with E-state index in [-0.39, 0.29) is 17.7 Å². The minimum absolute atomic E-state index is 0.0418. The van der Waals surface area contributed by atoms with Crippen molar-refractivity contribution in [3.63, 3.8) is 0 Å². The molecule has 0 aromatic heterocycles. The lowest BCUT2D eigenvalue weighted by Crippen LogP contribution is -2.31. The van der Waals surface area contributed by atoms with Crippen molar-refractivity contribution in [1.82, 2.24) is 5.32 Å². The molecule has 1 aromatic rings. The fourth-order valence-electron chi connectivity index (χ4n) is 1.92. The number of ketones is 1. The molecule has 90 valence electrons. The van der Waals surface area contributed by atoms with E-state index in [1.165, 1.54) is 0 Å². The lowest BCUT2D eigenvalue weighted by Gasteiger charge is -2.18. The van der Waals surface area contributed by atoms with E-state index < -0.39 is 0 Å². The van der Waals surface area contributed by atoms with E-state index in [1.54, 1.807) is 13.1 Å². The van der Waals surface area contributed by atoms with Crippen LogP contribution >= 0.6 is 0 Å². The van der Waals surface area contributed by atoms with Gasteiger partial charge in [-0.25, -0.2) is 0 Å². The highest BCUT2D eigenvalue weighted by atomic mass is 16.1. The number of rotatable bonds is 3. The highest BCUT2D eigenvalue weighted by Crippen LogP contribution is 2.24. The van der Waals surface area contributed by atoms with Gasteiger partial charge >= 0.3 is 0 Å². The van der Waals surface area contributed by atoms with Gasteiger partial charge in [0.15, 0.2) is 5.78 Å². The van der Waals surface area contributed by atoms with Crippen LogP contribution in [0.15, 0.2) is 18.2 Å². The summed E-state index contributed by atoms with van der Waals surface area (Å²) < 4.78 is 0. The van der Waals surface area contributed by atoms with Crippen LogP contribution in [0.1, 0.15) is 29.3 Å². The Morgan fingerprint density at radius 3 is 2.88 bits per heavy atom. The number of hydrogen-bond donors (Lipinski definition) is 2. The molecule has 0 radical (unpaired) electrons. The molecule has 17 heavy (non-hydrogen) atoms. The summed E-state index contributed by atoms with van der Waals surface area (Å²) in [6.45, 7) is 1.84. The lowest BCUT2D eigenvalue weighted by molar-refractivity contribution is -0.116. The van der Waals surface area contributed by atoms with Crippen molar-refractivity contribution in [2.75, 3.05) is 12.4 Å². The van der Waals surface area contributed by atoms with Gasteiger partial charge in [0.05, 0.1) is 6.04 Å². The van der Waals surface area contributed by atoms with Crippen LogP contribution < -0.4 is 10.6 Å². The van der Waals surface area contributed by atoms with Gasteiger partial charge < -0.3 is 10.6 Å². The van der Waals surface area contributed by atoms with Gasteiger partial charge in [0.1, 0.15) is 0 Å². The molecule has 1 unspecified atom stereocenters. The third-order valence-electron chi connectivity index (χ3n) is 3.11. The first-order valence-corrected chi connectivity index (χ1v) is 5.76. The monoisotopic (exact) mass is 232 g/mol. The van der Waals surface area contributed by atoms with Gasteiger partial charge in [0, 0.05) is 17.7 Å². The molecule has 2 rings (SSSR count). The van der Waals surface area contributed by atoms with E-state index in [1.807, 2.05) is 19.1 Å². The molecule has 1 atom stereocenters. The Kier molecular flexibility index (Phi) is 3.24. The Labute approximate surface area is 100 Å². The zero-order chi connectivity index (χ0) is 12.4. The molecule has 1 heterocycles. The number of hydrogen-bond acceptors (Lipinski definition) is 3. The molecular formula is C13H16N2O2. The Morgan fingerprint density at radius 1 is 1.41 bits per heavy atom. The molecule has 1 aliphatic heterocycles. The molecule has 1 aliphatic rings. The van der Waals surface area contributed by atoms with Crippen molar-refractivity contribution in [2.45, 2.75) is 25.8 Å². The maximum Gasteiger partial charge on any atom is 0.224 e. The number of anilines is 1. The quantitative estimate of drug-likeness (QED) is 0.774. The highest BCUT2D eigenvalue weighted by molar-refractivity contribution is 6.01. The number of nitrogens with one attached hydrogen (secondary N) is 2. The second-order valence-electron chi connectivity index (χ2n) is 4.29. The Morgan fingerprint density at radius 2 is 2.18 bits per heavy atom. The summed E-state index contributed by atoms with van der Waals surface area (Å²) in [6, 6.07) is 5.26. The van der Waals surface area contributed by atoms with Gasteiger partial charge in [0.25, 0.3) is 0 Å². The minimum atomic E-state index is -0.189. The number of fused-ring (bicyclic) bond motifs is 1. The van der Waals surface area contributed by atoms with Gasteiger partial charge in [-0.05, 0) is 44.2 Å². The third kappa shape index (κ3) is 2.36. The molecule has 0 aliphatic carbocycles. The van der Waals surface area contributed by atoms with Crippen LogP contribution in [0.4, 0.5) is 5.69 Å². The average molecular weight is 232 g/mol. The zero-order valence-corrected chi connectivity index (χ0v) is 10.0. The summed E-state index contributed by atoms with van der Waals surface area (Å²) in [5, 5.41) is 5.73. The van der Waals surface area contributed by atoms with Gasteiger partial charge in [-0.1, -0.05) is 0 Å². The maximum atomic E-state index is 12.0. The topological polar surface area (TPSA) is 58.2 Å².